The number of thiophene rings is 1. The summed E-state index contributed by atoms with van der Waals surface area (Å²) in [7, 11) is 1.51. The zero-order chi connectivity index (χ0) is 25.9. The van der Waals surface area contributed by atoms with Crippen molar-refractivity contribution in [3.05, 3.63) is 88.3 Å². The minimum atomic E-state index is -0.970. The number of carboxylic acids is 1. The Morgan fingerprint density at radius 2 is 1.97 bits per heavy atom. The fourth-order valence-electron chi connectivity index (χ4n) is 3.78. The number of pyridine rings is 1. The lowest BCUT2D eigenvalue weighted by molar-refractivity contribution is 0.0702. The predicted molar refractivity (Wildman–Crippen MR) is 140 cm³/mol. The first kappa shape index (κ1) is 23.9. The Hall–Kier alpha value is -4.77. The molecule has 5 rings (SSSR count). The molecule has 0 aliphatic carbocycles. The number of aryl methyl sites for hydroxylation is 1. The van der Waals surface area contributed by atoms with Gasteiger partial charge in [0.25, 0.3) is 5.91 Å². The molecule has 0 saturated carbocycles. The van der Waals surface area contributed by atoms with E-state index in [-0.39, 0.29) is 10.8 Å². The maximum absolute atomic E-state index is 12.8. The van der Waals surface area contributed by atoms with Gasteiger partial charge >= 0.3 is 5.97 Å². The molecule has 4 heterocycles. The van der Waals surface area contributed by atoms with Gasteiger partial charge < -0.3 is 20.5 Å². The van der Waals surface area contributed by atoms with Gasteiger partial charge in [0, 0.05) is 53.5 Å². The number of benzene rings is 1. The molecule has 0 bridgehead atoms. The van der Waals surface area contributed by atoms with E-state index in [2.05, 4.69) is 25.6 Å². The van der Waals surface area contributed by atoms with Crippen LogP contribution in [0.2, 0.25) is 0 Å². The molecule has 1 amide bonds. The number of carboxylic acid groups (broad SMARTS) is 1. The summed E-state index contributed by atoms with van der Waals surface area (Å²) >= 11 is 1.15. The molecule has 0 atom stereocenters. The highest BCUT2D eigenvalue weighted by Crippen LogP contribution is 2.30. The summed E-state index contributed by atoms with van der Waals surface area (Å²) in [5.74, 6) is -0.338. The van der Waals surface area contributed by atoms with E-state index >= 15 is 0 Å². The maximum atomic E-state index is 12.8. The normalized spacial score (nSPS) is 10.9. The molecule has 0 unspecified atom stereocenters. The minimum absolute atomic E-state index is 0.247. The van der Waals surface area contributed by atoms with Crippen molar-refractivity contribution in [2.75, 3.05) is 12.4 Å². The number of carbonyl (C=O) groups excluding carboxylic acids is 1. The lowest BCUT2D eigenvalue weighted by atomic mass is 10.1. The second-order valence-corrected chi connectivity index (χ2v) is 9.06. The van der Waals surface area contributed by atoms with Crippen LogP contribution in [0.3, 0.4) is 0 Å². The van der Waals surface area contributed by atoms with Gasteiger partial charge in [0.1, 0.15) is 10.6 Å². The number of fused-ring (bicyclic) bond motifs is 1. The van der Waals surface area contributed by atoms with Gasteiger partial charge in [0.2, 0.25) is 0 Å². The Bertz CT molecular complexity index is 1610. The average Bonchev–Trinajstić information content (AvgIpc) is 3.59. The highest BCUT2D eigenvalue weighted by molar-refractivity contribution is 7.12. The van der Waals surface area contributed by atoms with E-state index in [0.717, 1.165) is 33.9 Å². The summed E-state index contributed by atoms with van der Waals surface area (Å²) in [5, 5.41) is 17.1. The van der Waals surface area contributed by atoms with Gasteiger partial charge in [-0.25, -0.2) is 14.8 Å². The third kappa shape index (κ3) is 4.98. The first-order valence-corrected chi connectivity index (χ1v) is 12.1. The molecule has 0 fully saturated rings. The molecule has 5 aromatic rings. The average molecular weight is 515 g/mol. The molecule has 3 N–H and O–H groups in total. The predicted octanol–water partition coefficient (Wildman–Crippen LogP) is 4.54. The number of anilines is 2. The van der Waals surface area contributed by atoms with E-state index in [0.29, 0.717) is 35.0 Å². The Labute approximate surface area is 215 Å². The number of rotatable bonds is 8. The van der Waals surface area contributed by atoms with E-state index in [9.17, 15) is 14.7 Å². The summed E-state index contributed by atoms with van der Waals surface area (Å²) in [4.78, 5) is 37.5. The Balaban J connectivity index is 1.36. The topological polar surface area (TPSA) is 131 Å². The van der Waals surface area contributed by atoms with Gasteiger partial charge in [-0.1, -0.05) is 6.07 Å². The van der Waals surface area contributed by atoms with Crippen molar-refractivity contribution in [3.63, 3.8) is 0 Å². The Morgan fingerprint density at radius 3 is 2.70 bits per heavy atom. The van der Waals surface area contributed by atoms with Crippen LogP contribution in [0.1, 0.15) is 31.3 Å². The SMILES string of the molecule is COc1cc(Nc2ncc(-c3csc(C(=O)O)c3)n3ccnc23)ccc1C(=O)NCc1ccc(C)nc1. The van der Waals surface area contributed by atoms with Crippen molar-refractivity contribution in [2.24, 2.45) is 0 Å². The van der Waals surface area contributed by atoms with Gasteiger partial charge in [0.05, 0.1) is 24.6 Å². The standard InChI is InChI=1S/C26H22N6O4S/c1-15-3-4-16(11-28-15)12-30-25(33)19-6-5-18(10-21(19)36-2)31-23-24-27-7-8-32(24)20(13-29-23)17-9-22(26(34)35)37-14-17/h3-11,13-14H,12H2,1-2H3,(H,29,31)(H,30,33)(H,34,35). The van der Waals surface area contributed by atoms with Crippen LogP contribution >= 0.6 is 11.3 Å². The van der Waals surface area contributed by atoms with Crippen LogP contribution in [0.25, 0.3) is 16.9 Å². The van der Waals surface area contributed by atoms with Crippen molar-refractivity contribution >= 4 is 40.4 Å². The number of amides is 1. The summed E-state index contributed by atoms with van der Waals surface area (Å²) < 4.78 is 7.32. The van der Waals surface area contributed by atoms with Crippen LogP contribution in [0.5, 0.6) is 5.75 Å². The van der Waals surface area contributed by atoms with Crippen molar-refractivity contribution < 1.29 is 19.4 Å². The molecular weight excluding hydrogens is 492 g/mol. The van der Waals surface area contributed by atoms with Crippen LogP contribution < -0.4 is 15.4 Å². The third-order valence-electron chi connectivity index (χ3n) is 5.67. The third-order valence-corrected chi connectivity index (χ3v) is 6.59. The quantitative estimate of drug-likeness (QED) is 0.275. The van der Waals surface area contributed by atoms with Crippen molar-refractivity contribution in [2.45, 2.75) is 13.5 Å². The number of imidazole rings is 1. The minimum Gasteiger partial charge on any atom is -0.496 e. The van der Waals surface area contributed by atoms with Crippen molar-refractivity contribution in [1.82, 2.24) is 24.7 Å². The number of nitrogens with one attached hydrogen (secondary N) is 2. The highest BCUT2D eigenvalue weighted by atomic mass is 32.1. The van der Waals surface area contributed by atoms with Crippen LogP contribution in [-0.2, 0) is 6.54 Å². The summed E-state index contributed by atoms with van der Waals surface area (Å²) in [5.41, 5.74) is 4.89. The number of hydrogen-bond acceptors (Lipinski definition) is 8. The Kier molecular flexibility index (Phi) is 6.52. The number of methoxy groups -OCH3 is 1. The number of aromatic nitrogens is 4. The molecule has 0 aliphatic rings. The molecule has 10 nitrogen and oxygen atoms in total. The molecule has 186 valence electrons. The van der Waals surface area contributed by atoms with Crippen LogP contribution in [-0.4, -0.2) is 43.4 Å². The van der Waals surface area contributed by atoms with E-state index in [1.165, 1.54) is 7.11 Å². The number of nitrogens with zero attached hydrogens (tertiary/aromatic N) is 4. The highest BCUT2D eigenvalue weighted by Gasteiger charge is 2.16. The van der Waals surface area contributed by atoms with Crippen molar-refractivity contribution in [1.29, 1.82) is 0 Å². The zero-order valence-electron chi connectivity index (χ0n) is 19.9. The first-order valence-electron chi connectivity index (χ1n) is 11.2. The van der Waals surface area contributed by atoms with Crippen LogP contribution in [0.4, 0.5) is 11.5 Å². The summed E-state index contributed by atoms with van der Waals surface area (Å²) in [6.45, 7) is 2.26. The van der Waals surface area contributed by atoms with E-state index in [1.807, 2.05) is 23.5 Å². The molecule has 0 aliphatic heterocycles. The van der Waals surface area contributed by atoms with E-state index in [1.54, 1.807) is 54.4 Å². The second kappa shape index (κ2) is 10.1. The first-order chi connectivity index (χ1) is 17.9. The van der Waals surface area contributed by atoms with Crippen molar-refractivity contribution in [3.8, 4) is 17.0 Å². The van der Waals surface area contributed by atoms with E-state index in [4.69, 9.17) is 4.74 Å². The molecule has 4 aromatic heterocycles. The molecular formula is C26H22N6O4S. The number of hydrogen-bond donors (Lipinski definition) is 3. The van der Waals surface area contributed by atoms with Gasteiger partial charge in [-0.3, -0.25) is 14.2 Å². The molecule has 0 spiro atoms. The Morgan fingerprint density at radius 1 is 1.11 bits per heavy atom. The molecule has 37 heavy (non-hydrogen) atoms. The number of ether oxygens (including phenoxy) is 1. The molecule has 1 aromatic carbocycles. The van der Waals surface area contributed by atoms with Gasteiger partial charge in [-0.15, -0.1) is 11.3 Å². The summed E-state index contributed by atoms with van der Waals surface area (Å²) in [6, 6.07) is 10.6. The number of carbonyl (C=O) groups is 2. The molecule has 11 heteroatoms. The smallest absolute Gasteiger partial charge is 0.345 e. The summed E-state index contributed by atoms with van der Waals surface area (Å²) in [6.07, 6.45) is 6.82. The lowest BCUT2D eigenvalue weighted by Crippen LogP contribution is -2.23. The number of aromatic carboxylic acids is 1. The zero-order valence-corrected chi connectivity index (χ0v) is 20.7. The van der Waals surface area contributed by atoms with Gasteiger partial charge in [-0.2, -0.15) is 0 Å². The lowest BCUT2D eigenvalue weighted by Gasteiger charge is -2.13. The fourth-order valence-corrected chi connectivity index (χ4v) is 4.52. The van der Waals surface area contributed by atoms with Gasteiger partial charge in [0.15, 0.2) is 11.5 Å². The molecule has 0 saturated heterocycles. The maximum Gasteiger partial charge on any atom is 0.345 e. The van der Waals surface area contributed by atoms with Crippen LogP contribution in [0.15, 0.2) is 66.6 Å². The van der Waals surface area contributed by atoms with E-state index < -0.39 is 5.97 Å². The monoisotopic (exact) mass is 514 g/mol. The van der Waals surface area contributed by atoms with Gasteiger partial charge in [-0.05, 0) is 36.8 Å². The second-order valence-electron chi connectivity index (χ2n) is 8.15. The largest absolute Gasteiger partial charge is 0.496 e. The fraction of sp³-hybridized carbons (Fsp3) is 0.115. The van der Waals surface area contributed by atoms with Crippen LogP contribution in [0, 0.1) is 6.92 Å². The molecule has 0 radical (unpaired) electrons.